The van der Waals surface area contributed by atoms with Crippen LogP contribution in [0.5, 0.6) is 0 Å². The van der Waals surface area contributed by atoms with E-state index in [1.807, 2.05) is 24.8 Å². The van der Waals surface area contributed by atoms with Gasteiger partial charge in [0, 0.05) is 51.2 Å². The van der Waals surface area contributed by atoms with Crippen LogP contribution in [0.25, 0.3) is 17.4 Å². The van der Waals surface area contributed by atoms with Crippen molar-refractivity contribution in [3.05, 3.63) is 37.1 Å². The molecule has 11 nitrogen and oxygen atoms in total. The molecule has 0 saturated carbocycles. The summed E-state index contributed by atoms with van der Waals surface area (Å²) in [5.74, 6) is 3.01. The van der Waals surface area contributed by atoms with Crippen molar-refractivity contribution in [2.24, 2.45) is 5.92 Å². The Labute approximate surface area is 178 Å². The van der Waals surface area contributed by atoms with Crippen LogP contribution < -0.4 is 10.6 Å². The maximum atomic E-state index is 6.18. The Bertz CT molecular complexity index is 1170. The zero-order chi connectivity index (χ0) is 20.8. The quantitative estimate of drug-likeness (QED) is 0.518. The van der Waals surface area contributed by atoms with Gasteiger partial charge in [-0.15, -0.1) is 5.10 Å². The first-order valence-electron chi connectivity index (χ1n) is 10.6. The van der Waals surface area contributed by atoms with Crippen molar-refractivity contribution in [3.8, 4) is 11.6 Å². The number of nitrogens with zero attached hydrogens (tertiary/aromatic N) is 9. The molecule has 2 atom stereocenters. The van der Waals surface area contributed by atoms with E-state index in [1.54, 1.807) is 12.3 Å². The van der Waals surface area contributed by atoms with Gasteiger partial charge in [-0.3, -0.25) is 4.90 Å². The lowest BCUT2D eigenvalue weighted by Gasteiger charge is -2.46. The Hall–Kier alpha value is -3.47. The van der Waals surface area contributed by atoms with Gasteiger partial charge in [0.25, 0.3) is 5.78 Å². The van der Waals surface area contributed by atoms with Crippen LogP contribution in [0.1, 0.15) is 12.8 Å². The van der Waals surface area contributed by atoms with E-state index in [0.29, 0.717) is 35.3 Å². The SMILES string of the molecule is Nc1nc(N2CCN3CC(Cn4ccnc4)CCC3C2)nc2nc(-c3ccco3)nn12. The Morgan fingerprint density at radius 1 is 1.13 bits per heavy atom. The summed E-state index contributed by atoms with van der Waals surface area (Å²) in [6.07, 6.45) is 9.77. The molecule has 31 heavy (non-hydrogen) atoms. The molecule has 6 heterocycles. The smallest absolute Gasteiger partial charge is 0.259 e. The van der Waals surface area contributed by atoms with Gasteiger partial charge in [0.2, 0.25) is 17.7 Å². The van der Waals surface area contributed by atoms with E-state index in [0.717, 1.165) is 32.7 Å². The minimum Gasteiger partial charge on any atom is -0.461 e. The molecule has 160 valence electrons. The number of hydrogen-bond acceptors (Lipinski definition) is 9. The summed E-state index contributed by atoms with van der Waals surface area (Å²) in [7, 11) is 0. The summed E-state index contributed by atoms with van der Waals surface area (Å²) in [6.45, 7) is 4.91. The van der Waals surface area contributed by atoms with Gasteiger partial charge in [-0.05, 0) is 30.9 Å². The van der Waals surface area contributed by atoms with E-state index in [1.165, 1.54) is 17.4 Å². The number of nitrogen functional groups attached to an aromatic ring is 1. The van der Waals surface area contributed by atoms with Gasteiger partial charge in [-0.25, -0.2) is 4.98 Å². The fourth-order valence-electron chi connectivity index (χ4n) is 4.73. The van der Waals surface area contributed by atoms with Gasteiger partial charge < -0.3 is 19.6 Å². The Morgan fingerprint density at radius 3 is 2.94 bits per heavy atom. The summed E-state index contributed by atoms with van der Waals surface area (Å²) < 4.78 is 9.03. The highest BCUT2D eigenvalue weighted by atomic mass is 16.3. The van der Waals surface area contributed by atoms with Gasteiger partial charge in [-0.2, -0.15) is 19.5 Å². The van der Waals surface area contributed by atoms with Crippen molar-refractivity contribution in [1.29, 1.82) is 0 Å². The number of hydrogen-bond donors (Lipinski definition) is 1. The summed E-state index contributed by atoms with van der Waals surface area (Å²) in [4.78, 5) is 22.6. The predicted molar refractivity (Wildman–Crippen MR) is 113 cm³/mol. The number of aromatic nitrogens is 7. The van der Waals surface area contributed by atoms with Crippen LogP contribution in [-0.4, -0.2) is 71.2 Å². The molecule has 0 radical (unpaired) electrons. The third-order valence-corrected chi connectivity index (χ3v) is 6.28. The zero-order valence-electron chi connectivity index (χ0n) is 17.1. The Balaban J connectivity index is 1.18. The first-order valence-corrected chi connectivity index (χ1v) is 10.6. The molecule has 6 rings (SSSR count). The fourth-order valence-corrected chi connectivity index (χ4v) is 4.73. The molecule has 2 saturated heterocycles. The fraction of sp³-hybridized carbons (Fsp3) is 0.450. The number of anilines is 2. The van der Waals surface area contributed by atoms with Crippen LogP contribution in [-0.2, 0) is 6.54 Å². The van der Waals surface area contributed by atoms with Crippen molar-refractivity contribution in [1.82, 2.24) is 39.0 Å². The number of imidazole rings is 1. The van der Waals surface area contributed by atoms with Crippen molar-refractivity contribution < 1.29 is 4.42 Å². The van der Waals surface area contributed by atoms with Gasteiger partial charge in [0.1, 0.15) is 0 Å². The molecule has 11 heteroatoms. The Morgan fingerprint density at radius 2 is 2.10 bits per heavy atom. The summed E-state index contributed by atoms with van der Waals surface area (Å²) in [5.41, 5.74) is 6.18. The van der Waals surface area contributed by atoms with E-state index in [2.05, 4.69) is 39.4 Å². The third kappa shape index (κ3) is 3.40. The third-order valence-electron chi connectivity index (χ3n) is 6.28. The molecule has 2 aliphatic heterocycles. The van der Waals surface area contributed by atoms with Gasteiger partial charge in [-0.1, -0.05) is 0 Å². The van der Waals surface area contributed by atoms with E-state index < -0.39 is 0 Å². The highest BCUT2D eigenvalue weighted by Crippen LogP contribution is 2.28. The maximum Gasteiger partial charge on any atom is 0.259 e. The van der Waals surface area contributed by atoms with Crippen molar-refractivity contribution >= 4 is 17.7 Å². The molecule has 2 aliphatic rings. The normalized spacial score (nSPS) is 22.1. The van der Waals surface area contributed by atoms with Crippen LogP contribution in [0.2, 0.25) is 0 Å². The first kappa shape index (κ1) is 18.3. The highest BCUT2D eigenvalue weighted by Gasteiger charge is 2.34. The molecule has 2 N–H and O–H groups in total. The van der Waals surface area contributed by atoms with Crippen LogP contribution in [0.3, 0.4) is 0 Å². The summed E-state index contributed by atoms with van der Waals surface area (Å²) in [6, 6.07) is 4.11. The molecule has 2 fully saturated rings. The van der Waals surface area contributed by atoms with Crippen LogP contribution >= 0.6 is 0 Å². The second-order valence-electron chi connectivity index (χ2n) is 8.30. The van der Waals surface area contributed by atoms with Crippen LogP contribution in [0.4, 0.5) is 11.9 Å². The van der Waals surface area contributed by atoms with Crippen molar-refractivity contribution in [2.75, 3.05) is 36.8 Å². The van der Waals surface area contributed by atoms with E-state index in [4.69, 9.17) is 10.2 Å². The van der Waals surface area contributed by atoms with Crippen molar-refractivity contribution in [3.63, 3.8) is 0 Å². The molecule has 0 aliphatic carbocycles. The van der Waals surface area contributed by atoms with Gasteiger partial charge >= 0.3 is 0 Å². The van der Waals surface area contributed by atoms with Crippen molar-refractivity contribution in [2.45, 2.75) is 25.4 Å². The van der Waals surface area contributed by atoms with Gasteiger partial charge in [0.05, 0.1) is 12.6 Å². The van der Waals surface area contributed by atoms with E-state index >= 15 is 0 Å². The zero-order valence-corrected chi connectivity index (χ0v) is 17.1. The monoisotopic (exact) mass is 420 g/mol. The molecule has 0 spiro atoms. The number of fused-ring (bicyclic) bond motifs is 2. The standard InChI is InChI=1S/C20H24N10O/c21-18-24-19(25-20-23-17(26-30(18)20)16-2-1-9-31-16)29-8-7-28-11-14(3-4-15(28)12-29)10-27-6-5-22-13-27/h1-2,5-6,9,13-15H,3-4,7-8,10-12H2,(H2,21,23,24,25,26). The minimum absolute atomic E-state index is 0.275. The predicted octanol–water partition coefficient (Wildman–Crippen LogP) is 1.16. The van der Waals surface area contributed by atoms with E-state index in [-0.39, 0.29) is 5.95 Å². The average molecular weight is 420 g/mol. The summed E-state index contributed by atoms with van der Waals surface area (Å²) >= 11 is 0. The van der Waals surface area contributed by atoms with Gasteiger partial charge in [0.15, 0.2) is 5.76 Å². The maximum absolute atomic E-state index is 6.18. The van der Waals surface area contributed by atoms with Crippen LogP contribution in [0, 0.1) is 5.92 Å². The largest absolute Gasteiger partial charge is 0.461 e. The highest BCUT2D eigenvalue weighted by molar-refractivity contribution is 5.53. The molecule has 4 aromatic heterocycles. The molecular weight excluding hydrogens is 396 g/mol. The second kappa shape index (κ2) is 7.34. The first-order chi connectivity index (χ1) is 15.2. The lowest BCUT2D eigenvalue weighted by atomic mass is 9.91. The lowest BCUT2D eigenvalue weighted by molar-refractivity contribution is 0.0883. The molecule has 4 aromatic rings. The van der Waals surface area contributed by atoms with Crippen LogP contribution in [0.15, 0.2) is 41.5 Å². The minimum atomic E-state index is 0.275. The number of rotatable bonds is 4. The number of piperazine rings is 1. The molecule has 0 amide bonds. The topological polar surface area (TPSA) is 119 Å². The summed E-state index contributed by atoms with van der Waals surface area (Å²) in [5, 5.41) is 4.37. The molecular formula is C20H24N10O. The number of furan rings is 1. The second-order valence-corrected chi connectivity index (χ2v) is 8.30. The molecule has 2 unspecified atom stereocenters. The molecule has 0 bridgehead atoms. The number of nitrogens with two attached hydrogens (primary N) is 1. The average Bonchev–Trinajstić information content (AvgIpc) is 3.54. The lowest BCUT2D eigenvalue weighted by Crippen LogP contribution is -2.57. The van der Waals surface area contributed by atoms with E-state index in [9.17, 15) is 0 Å². The molecule has 0 aromatic carbocycles. The number of piperidine rings is 1. The Kier molecular flexibility index (Phi) is 4.34.